The molecule has 0 radical (unpaired) electrons. The van der Waals surface area contributed by atoms with Gasteiger partial charge in [0, 0.05) is 37.9 Å². The second kappa shape index (κ2) is 6.51. The summed E-state index contributed by atoms with van der Waals surface area (Å²) >= 11 is 0. The van der Waals surface area contributed by atoms with E-state index in [1.165, 1.54) is 0 Å². The molecule has 21 heavy (non-hydrogen) atoms. The Morgan fingerprint density at radius 2 is 2.00 bits per heavy atom. The molecule has 3 N–H and O–H groups in total. The molecular formula is C15H23N3O3. The van der Waals surface area contributed by atoms with E-state index in [9.17, 15) is 0 Å². The van der Waals surface area contributed by atoms with Crippen LogP contribution in [0.2, 0.25) is 0 Å². The van der Waals surface area contributed by atoms with E-state index in [-0.39, 0.29) is 13.2 Å². The first-order valence-corrected chi connectivity index (χ1v) is 7.48. The summed E-state index contributed by atoms with van der Waals surface area (Å²) in [6.07, 6.45) is 0. The van der Waals surface area contributed by atoms with Crippen molar-refractivity contribution in [2.24, 2.45) is 0 Å². The topological polar surface area (TPSA) is 71.2 Å². The zero-order valence-corrected chi connectivity index (χ0v) is 12.2. The van der Waals surface area contributed by atoms with E-state index in [1.54, 1.807) is 0 Å². The molecule has 0 unspecified atom stereocenters. The number of nitrogens with zero attached hydrogens (tertiary/aromatic N) is 2. The summed E-state index contributed by atoms with van der Waals surface area (Å²) in [5.41, 5.74) is 7.57. The Balaban J connectivity index is 1.66. The smallest absolute Gasteiger partial charge is 0.144 e. The van der Waals surface area contributed by atoms with Crippen molar-refractivity contribution in [1.29, 1.82) is 0 Å². The molecule has 6 nitrogen and oxygen atoms in total. The number of hydrogen-bond donors (Lipinski definition) is 2. The molecule has 0 atom stereocenters. The number of piperazine rings is 1. The molecule has 0 aliphatic carbocycles. The summed E-state index contributed by atoms with van der Waals surface area (Å²) in [7, 11) is 0. The van der Waals surface area contributed by atoms with Crippen molar-refractivity contribution in [3.8, 4) is 5.75 Å². The lowest BCUT2D eigenvalue weighted by Crippen LogP contribution is -2.56. The number of aliphatic hydroxyl groups excluding tert-OH is 1. The van der Waals surface area contributed by atoms with Crippen LogP contribution in [0.5, 0.6) is 5.75 Å². The minimum atomic E-state index is 0.00367. The number of anilines is 2. The maximum atomic E-state index is 8.94. The average molecular weight is 293 g/mol. The average Bonchev–Trinajstić information content (AvgIpc) is 2.44. The maximum absolute atomic E-state index is 8.94. The van der Waals surface area contributed by atoms with Crippen molar-refractivity contribution in [2.45, 2.75) is 6.04 Å². The Hall–Kier alpha value is -1.50. The van der Waals surface area contributed by atoms with Crippen molar-refractivity contribution in [2.75, 3.05) is 63.2 Å². The van der Waals surface area contributed by atoms with Gasteiger partial charge in [-0.15, -0.1) is 0 Å². The van der Waals surface area contributed by atoms with Crippen LogP contribution in [0.25, 0.3) is 0 Å². The fraction of sp³-hybridized carbons (Fsp3) is 0.600. The quantitative estimate of drug-likeness (QED) is 0.754. The van der Waals surface area contributed by atoms with Crippen LogP contribution in [0.1, 0.15) is 0 Å². The number of rotatable bonds is 5. The molecule has 0 spiro atoms. The van der Waals surface area contributed by atoms with Gasteiger partial charge in [0.25, 0.3) is 0 Å². The SMILES string of the molecule is Nc1ccc(N2CCN(C3COC3)CC2)c(OCCO)c1. The lowest BCUT2D eigenvalue weighted by atomic mass is 10.1. The molecule has 116 valence electrons. The number of nitrogens with two attached hydrogens (primary N) is 1. The fourth-order valence-corrected chi connectivity index (χ4v) is 2.83. The Morgan fingerprint density at radius 1 is 1.24 bits per heavy atom. The van der Waals surface area contributed by atoms with E-state index < -0.39 is 0 Å². The highest BCUT2D eigenvalue weighted by atomic mass is 16.5. The van der Waals surface area contributed by atoms with Gasteiger partial charge in [0.1, 0.15) is 12.4 Å². The molecule has 6 heteroatoms. The first kappa shape index (κ1) is 14.4. The van der Waals surface area contributed by atoms with Gasteiger partial charge in [-0.25, -0.2) is 0 Å². The number of benzene rings is 1. The van der Waals surface area contributed by atoms with Crippen molar-refractivity contribution in [1.82, 2.24) is 4.90 Å². The second-order valence-electron chi connectivity index (χ2n) is 5.51. The Bertz CT molecular complexity index is 471. The van der Waals surface area contributed by atoms with E-state index in [1.807, 2.05) is 18.2 Å². The maximum Gasteiger partial charge on any atom is 0.144 e. The van der Waals surface area contributed by atoms with Crippen LogP contribution in [0.4, 0.5) is 11.4 Å². The third kappa shape index (κ3) is 3.23. The monoisotopic (exact) mass is 293 g/mol. The van der Waals surface area contributed by atoms with Crippen LogP contribution in [0.3, 0.4) is 0 Å². The third-order valence-electron chi connectivity index (χ3n) is 4.12. The van der Waals surface area contributed by atoms with Gasteiger partial charge >= 0.3 is 0 Å². The van der Waals surface area contributed by atoms with Gasteiger partial charge in [-0.1, -0.05) is 0 Å². The zero-order chi connectivity index (χ0) is 14.7. The Morgan fingerprint density at radius 3 is 2.62 bits per heavy atom. The molecule has 1 aromatic rings. The fourth-order valence-electron chi connectivity index (χ4n) is 2.83. The van der Waals surface area contributed by atoms with Crippen LogP contribution in [0, 0.1) is 0 Å². The molecule has 2 aliphatic heterocycles. The second-order valence-corrected chi connectivity index (χ2v) is 5.51. The first-order valence-electron chi connectivity index (χ1n) is 7.48. The molecule has 0 saturated carbocycles. The predicted molar refractivity (Wildman–Crippen MR) is 81.8 cm³/mol. The van der Waals surface area contributed by atoms with Gasteiger partial charge in [0.2, 0.25) is 0 Å². The van der Waals surface area contributed by atoms with Gasteiger partial charge in [-0.2, -0.15) is 0 Å². The van der Waals surface area contributed by atoms with E-state index in [0.29, 0.717) is 11.7 Å². The van der Waals surface area contributed by atoms with Gasteiger partial charge in [0.05, 0.1) is 31.5 Å². The highest BCUT2D eigenvalue weighted by Gasteiger charge is 2.29. The highest BCUT2D eigenvalue weighted by molar-refractivity contribution is 5.64. The van der Waals surface area contributed by atoms with Gasteiger partial charge in [-0.05, 0) is 12.1 Å². The van der Waals surface area contributed by atoms with E-state index in [4.69, 9.17) is 20.3 Å². The normalized spacial score (nSPS) is 20.3. The molecule has 3 rings (SSSR count). The van der Waals surface area contributed by atoms with Gasteiger partial charge < -0.3 is 25.2 Å². The van der Waals surface area contributed by atoms with Crippen molar-refractivity contribution >= 4 is 11.4 Å². The van der Waals surface area contributed by atoms with E-state index >= 15 is 0 Å². The predicted octanol–water partition coefficient (Wildman–Crippen LogP) is 0.161. The van der Waals surface area contributed by atoms with Crippen molar-refractivity contribution in [3.63, 3.8) is 0 Å². The summed E-state index contributed by atoms with van der Waals surface area (Å²) < 4.78 is 10.9. The minimum Gasteiger partial charge on any atom is -0.489 e. The van der Waals surface area contributed by atoms with Crippen LogP contribution < -0.4 is 15.4 Å². The Labute approximate surface area is 125 Å². The molecule has 1 aromatic carbocycles. The summed E-state index contributed by atoms with van der Waals surface area (Å²) in [6, 6.07) is 6.33. The van der Waals surface area contributed by atoms with Crippen LogP contribution >= 0.6 is 0 Å². The molecule has 0 aromatic heterocycles. The Kier molecular flexibility index (Phi) is 4.48. The van der Waals surface area contributed by atoms with Crippen LogP contribution in [-0.2, 0) is 4.74 Å². The van der Waals surface area contributed by atoms with Crippen molar-refractivity contribution in [3.05, 3.63) is 18.2 Å². The molecule has 2 heterocycles. The van der Waals surface area contributed by atoms with Gasteiger partial charge in [-0.3, -0.25) is 4.90 Å². The summed E-state index contributed by atoms with van der Waals surface area (Å²) in [4.78, 5) is 4.81. The van der Waals surface area contributed by atoms with E-state index in [0.717, 1.165) is 50.8 Å². The summed E-state index contributed by atoms with van der Waals surface area (Å²) in [6.45, 7) is 6.04. The van der Waals surface area contributed by atoms with Crippen LogP contribution in [0.15, 0.2) is 18.2 Å². The molecule has 0 amide bonds. The standard InChI is InChI=1S/C15H23N3O3/c16-12-1-2-14(15(9-12)21-8-7-19)18-5-3-17(4-6-18)13-10-20-11-13/h1-2,9,13,19H,3-8,10-11,16H2. The van der Waals surface area contributed by atoms with E-state index in [2.05, 4.69) is 9.80 Å². The van der Waals surface area contributed by atoms with Crippen molar-refractivity contribution < 1.29 is 14.6 Å². The molecular weight excluding hydrogens is 270 g/mol. The minimum absolute atomic E-state index is 0.00367. The first-order chi connectivity index (χ1) is 10.3. The molecule has 2 aliphatic rings. The number of nitrogen functional groups attached to an aromatic ring is 1. The largest absolute Gasteiger partial charge is 0.489 e. The zero-order valence-electron chi connectivity index (χ0n) is 12.2. The lowest BCUT2D eigenvalue weighted by Gasteiger charge is -2.43. The van der Waals surface area contributed by atoms with Crippen LogP contribution in [-0.4, -0.2) is 68.7 Å². The number of hydrogen-bond acceptors (Lipinski definition) is 6. The number of ether oxygens (including phenoxy) is 2. The third-order valence-corrected chi connectivity index (χ3v) is 4.12. The summed E-state index contributed by atoms with van der Waals surface area (Å²) in [5.74, 6) is 0.754. The molecule has 0 bridgehead atoms. The molecule has 2 fully saturated rings. The highest BCUT2D eigenvalue weighted by Crippen LogP contribution is 2.31. The van der Waals surface area contributed by atoms with Gasteiger partial charge in [0.15, 0.2) is 0 Å². The number of aliphatic hydroxyl groups is 1. The summed E-state index contributed by atoms with van der Waals surface area (Å²) in [5, 5.41) is 8.94. The molecule has 2 saturated heterocycles. The lowest BCUT2D eigenvalue weighted by molar-refractivity contribution is -0.0660.